The fourth-order valence-electron chi connectivity index (χ4n) is 3.59. The Morgan fingerprint density at radius 1 is 1.20 bits per heavy atom. The fraction of sp³-hybridized carbons (Fsp3) is 0.348. The van der Waals surface area contributed by atoms with E-state index in [0.29, 0.717) is 37.3 Å². The van der Waals surface area contributed by atoms with E-state index in [2.05, 4.69) is 36.3 Å². The van der Waals surface area contributed by atoms with Gasteiger partial charge in [0.1, 0.15) is 5.82 Å². The zero-order chi connectivity index (χ0) is 21.3. The number of aromatic amines is 1. The summed E-state index contributed by atoms with van der Waals surface area (Å²) in [7, 11) is 0. The van der Waals surface area contributed by atoms with Crippen molar-refractivity contribution in [3.8, 4) is 0 Å². The number of anilines is 1. The maximum atomic E-state index is 12.7. The quantitative estimate of drug-likeness (QED) is 0.663. The van der Waals surface area contributed by atoms with Gasteiger partial charge in [-0.3, -0.25) is 14.7 Å². The van der Waals surface area contributed by atoms with Gasteiger partial charge in [-0.15, -0.1) is 11.3 Å². The molecule has 2 aromatic heterocycles. The number of nitrogens with one attached hydrogen (secondary N) is 2. The second-order valence-electron chi connectivity index (χ2n) is 8.63. The molecule has 0 radical (unpaired) electrons. The van der Waals surface area contributed by atoms with Gasteiger partial charge in [-0.05, 0) is 34.6 Å². The summed E-state index contributed by atoms with van der Waals surface area (Å²) in [5, 5.41) is 12.2. The molecule has 0 saturated heterocycles. The minimum atomic E-state index is -0.191. The second-order valence-corrected chi connectivity index (χ2v) is 9.66. The number of hydrogen-bond acceptors (Lipinski definition) is 4. The Morgan fingerprint density at radius 3 is 2.63 bits per heavy atom. The Morgan fingerprint density at radius 2 is 1.97 bits per heavy atom. The lowest BCUT2D eigenvalue weighted by Gasteiger charge is -2.27. The largest absolute Gasteiger partial charge is 0.337 e. The lowest BCUT2D eigenvalue weighted by Crippen LogP contribution is -2.37. The highest BCUT2D eigenvalue weighted by Gasteiger charge is 2.26. The van der Waals surface area contributed by atoms with Gasteiger partial charge in [0.05, 0.1) is 18.7 Å². The lowest BCUT2D eigenvalue weighted by atomic mass is 9.87. The Balaban J connectivity index is 1.45. The van der Waals surface area contributed by atoms with E-state index in [4.69, 9.17) is 0 Å². The van der Waals surface area contributed by atoms with E-state index in [9.17, 15) is 9.59 Å². The van der Waals surface area contributed by atoms with Crippen LogP contribution in [0.4, 0.5) is 5.82 Å². The van der Waals surface area contributed by atoms with E-state index in [1.165, 1.54) is 5.56 Å². The molecule has 0 fully saturated rings. The number of carbonyl (C=O) groups excluding carboxylic acids is 2. The van der Waals surface area contributed by atoms with Crippen molar-refractivity contribution in [3.05, 3.63) is 69.0 Å². The van der Waals surface area contributed by atoms with Crippen molar-refractivity contribution in [1.29, 1.82) is 0 Å². The number of aromatic nitrogens is 2. The van der Waals surface area contributed by atoms with Gasteiger partial charge in [-0.25, -0.2) is 0 Å². The number of fused-ring (bicyclic) bond motifs is 1. The molecular formula is C23H26N4O2S. The summed E-state index contributed by atoms with van der Waals surface area (Å²) in [5.41, 5.74) is 3.61. The molecule has 1 aromatic carbocycles. The maximum absolute atomic E-state index is 12.7. The first-order valence-electron chi connectivity index (χ1n) is 10.1. The zero-order valence-electron chi connectivity index (χ0n) is 17.5. The number of rotatable bonds is 4. The Kier molecular flexibility index (Phi) is 5.47. The smallest absolute Gasteiger partial charge is 0.256 e. The van der Waals surface area contributed by atoms with Crippen LogP contribution in [-0.4, -0.2) is 33.5 Å². The van der Waals surface area contributed by atoms with Crippen LogP contribution in [0.2, 0.25) is 0 Å². The van der Waals surface area contributed by atoms with Crippen LogP contribution in [0.5, 0.6) is 0 Å². The van der Waals surface area contributed by atoms with Gasteiger partial charge in [0.2, 0.25) is 5.91 Å². The fourth-order valence-corrected chi connectivity index (χ4v) is 4.28. The number of H-pyrrole nitrogens is 1. The summed E-state index contributed by atoms with van der Waals surface area (Å²) in [6, 6.07) is 11.6. The summed E-state index contributed by atoms with van der Waals surface area (Å²) in [6.45, 7) is 7.53. The van der Waals surface area contributed by atoms with Gasteiger partial charge in [0.25, 0.3) is 5.91 Å². The highest BCUT2D eigenvalue weighted by Crippen LogP contribution is 2.26. The average molecular weight is 423 g/mol. The first kappa shape index (κ1) is 20.3. The van der Waals surface area contributed by atoms with Crippen LogP contribution in [-0.2, 0) is 29.6 Å². The first-order chi connectivity index (χ1) is 14.3. The van der Waals surface area contributed by atoms with Crippen LogP contribution in [0, 0.1) is 0 Å². The highest BCUT2D eigenvalue weighted by atomic mass is 32.1. The molecule has 0 unspecified atom stereocenters. The van der Waals surface area contributed by atoms with Crippen LogP contribution in [0.25, 0.3) is 0 Å². The van der Waals surface area contributed by atoms with Crippen molar-refractivity contribution >= 4 is 29.0 Å². The minimum absolute atomic E-state index is 0.0383. The van der Waals surface area contributed by atoms with Gasteiger partial charge in [-0.1, -0.05) is 39.0 Å². The van der Waals surface area contributed by atoms with Crippen LogP contribution in [0.15, 0.2) is 41.8 Å². The molecule has 30 heavy (non-hydrogen) atoms. The second kappa shape index (κ2) is 8.07. The molecule has 0 spiro atoms. The van der Waals surface area contributed by atoms with Gasteiger partial charge in [0, 0.05) is 29.0 Å². The van der Waals surface area contributed by atoms with E-state index in [1.54, 1.807) is 11.3 Å². The molecule has 3 aromatic rings. The van der Waals surface area contributed by atoms with Crippen LogP contribution in [0.3, 0.4) is 0 Å². The number of nitrogens with zero attached hydrogens (tertiary/aromatic N) is 2. The van der Waals surface area contributed by atoms with E-state index in [0.717, 1.165) is 16.1 Å². The summed E-state index contributed by atoms with van der Waals surface area (Å²) in [6.07, 6.45) is 1.09. The summed E-state index contributed by atoms with van der Waals surface area (Å²) in [5.74, 6) is 0.479. The summed E-state index contributed by atoms with van der Waals surface area (Å²) >= 11 is 1.59. The molecule has 0 bridgehead atoms. The topological polar surface area (TPSA) is 78.1 Å². The molecule has 1 aliphatic heterocycles. The molecule has 3 heterocycles. The predicted octanol–water partition coefficient (Wildman–Crippen LogP) is 4.15. The van der Waals surface area contributed by atoms with Crippen molar-refractivity contribution < 1.29 is 9.59 Å². The van der Waals surface area contributed by atoms with Crippen LogP contribution >= 0.6 is 11.3 Å². The molecule has 0 aliphatic carbocycles. The van der Waals surface area contributed by atoms with Gasteiger partial charge < -0.3 is 10.2 Å². The third kappa shape index (κ3) is 4.31. The monoisotopic (exact) mass is 422 g/mol. The maximum Gasteiger partial charge on any atom is 0.256 e. The molecule has 7 heteroatoms. The van der Waals surface area contributed by atoms with Crippen molar-refractivity contribution in [2.45, 2.75) is 45.6 Å². The molecule has 2 N–H and O–H groups in total. The average Bonchev–Trinajstić information content (AvgIpc) is 3.37. The SMILES string of the molecule is CC(C)(C)c1ccc(C(=O)Nc2[nH]nc3c2CN(C(=O)Cc2cccs2)CC3)cc1. The predicted molar refractivity (Wildman–Crippen MR) is 119 cm³/mol. The van der Waals surface area contributed by atoms with E-state index < -0.39 is 0 Å². The van der Waals surface area contributed by atoms with E-state index >= 15 is 0 Å². The molecule has 156 valence electrons. The van der Waals surface area contributed by atoms with Gasteiger partial charge in [-0.2, -0.15) is 5.10 Å². The highest BCUT2D eigenvalue weighted by molar-refractivity contribution is 7.10. The van der Waals surface area contributed by atoms with Crippen molar-refractivity contribution in [3.63, 3.8) is 0 Å². The molecule has 4 rings (SSSR count). The van der Waals surface area contributed by atoms with Crippen molar-refractivity contribution in [1.82, 2.24) is 15.1 Å². The number of thiophene rings is 1. The standard InChI is InChI=1S/C23H26N4O2S/c1-23(2,3)16-8-6-15(7-9-16)22(29)24-21-18-14-27(11-10-19(18)25-26-21)20(28)13-17-5-4-12-30-17/h4-9,12H,10-11,13-14H2,1-3H3,(H2,24,25,26,29). The molecule has 0 saturated carbocycles. The zero-order valence-corrected chi connectivity index (χ0v) is 18.3. The third-order valence-corrected chi connectivity index (χ3v) is 6.31. The van der Waals surface area contributed by atoms with Crippen molar-refractivity contribution in [2.24, 2.45) is 0 Å². The number of amides is 2. The van der Waals surface area contributed by atoms with Crippen LogP contribution in [0.1, 0.15) is 52.8 Å². The van der Waals surface area contributed by atoms with Gasteiger partial charge >= 0.3 is 0 Å². The molecule has 1 aliphatic rings. The normalized spacial score (nSPS) is 13.8. The summed E-state index contributed by atoms with van der Waals surface area (Å²) in [4.78, 5) is 28.3. The van der Waals surface area contributed by atoms with Gasteiger partial charge in [0.15, 0.2) is 0 Å². The Bertz CT molecular complexity index is 1050. The van der Waals surface area contributed by atoms with E-state index in [-0.39, 0.29) is 17.2 Å². The number of carbonyl (C=O) groups is 2. The third-order valence-electron chi connectivity index (χ3n) is 5.43. The molecule has 0 atom stereocenters. The molecule has 6 nitrogen and oxygen atoms in total. The Labute approximate surface area is 180 Å². The minimum Gasteiger partial charge on any atom is -0.337 e. The molecule has 2 amide bonds. The number of hydrogen-bond donors (Lipinski definition) is 2. The Hall–Kier alpha value is -2.93. The number of benzene rings is 1. The lowest BCUT2D eigenvalue weighted by molar-refractivity contribution is -0.131. The summed E-state index contributed by atoms with van der Waals surface area (Å²) < 4.78 is 0. The molecular weight excluding hydrogens is 396 g/mol. The van der Waals surface area contributed by atoms with E-state index in [1.807, 2.05) is 46.7 Å². The van der Waals surface area contributed by atoms with Crippen LogP contribution < -0.4 is 5.32 Å². The van der Waals surface area contributed by atoms with Crippen molar-refractivity contribution in [2.75, 3.05) is 11.9 Å². The first-order valence-corrected chi connectivity index (χ1v) is 11.0.